The van der Waals surface area contributed by atoms with Gasteiger partial charge in [0.1, 0.15) is 0 Å². The van der Waals surface area contributed by atoms with Gasteiger partial charge in [-0.05, 0) is 34.8 Å². The lowest BCUT2D eigenvalue weighted by Crippen LogP contribution is -2.33. The van der Waals surface area contributed by atoms with Gasteiger partial charge in [-0.3, -0.25) is 14.2 Å². The van der Waals surface area contributed by atoms with Crippen LogP contribution in [0.25, 0.3) is 0 Å². The summed E-state index contributed by atoms with van der Waals surface area (Å²) < 4.78 is 81.9. The van der Waals surface area contributed by atoms with E-state index in [0.717, 1.165) is 11.8 Å². The van der Waals surface area contributed by atoms with Crippen molar-refractivity contribution in [3.8, 4) is 0 Å². The molecule has 1 aliphatic rings. The van der Waals surface area contributed by atoms with Crippen LogP contribution in [0.2, 0.25) is 0 Å². The van der Waals surface area contributed by atoms with Gasteiger partial charge in [-0.15, -0.1) is 13.2 Å². The summed E-state index contributed by atoms with van der Waals surface area (Å²) in [6.07, 6.45) is -4.11. The highest BCUT2D eigenvalue weighted by Crippen LogP contribution is 2.53. The molecule has 0 radical (unpaired) electrons. The van der Waals surface area contributed by atoms with Crippen LogP contribution >= 0.6 is 0 Å². The molecular weight excluding hydrogens is 442 g/mol. The van der Waals surface area contributed by atoms with Gasteiger partial charge in [0, 0.05) is 18.3 Å². The molecule has 1 fully saturated rings. The molecule has 0 saturated heterocycles. The Balaban J connectivity index is 1.74. The third-order valence-electron chi connectivity index (χ3n) is 5.98. The molecule has 0 spiro atoms. The van der Waals surface area contributed by atoms with E-state index in [9.17, 15) is 31.1 Å². The van der Waals surface area contributed by atoms with E-state index in [1.54, 1.807) is 26.2 Å². The van der Waals surface area contributed by atoms with Gasteiger partial charge in [-0.1, -0.05) is 27.7 Å². The van der Waals surface area contributed by atoms with E-state index in [4.69, 9.17) is 0 Å². The molecule has 1 saturated carbocycles. The number of rotatable bonds is 7. The second-order valence-corrected chi connectivity index (χ2v) is 8.90. The number of alkyl halides is 6. The zero-order valence-corrected chi connectivity index (χ0v) is 17.9. The summed E-state index contributed by atoms with van der Waals surface area (Å²) in [5.74, 6) is -0.527. The van der Waals surface area contributed by atoms with E-state index in [2.05, 4.69) is 14.9 Å². The monoisotopic (exact) mass is 466 g/mol. The first-order valence-electron chi connectivity index (χ1n) is 10.0. The second kappa shape index (κ2) is 8.20. The fraction of sp³-hybridized carbons (Fsp3) is 0.650. The summed E-state index contributed by atoms with van der Waals surface area (Å²) in [5.41, 5.74) is 0.575. The van der Waals surface area contributed by atoms with Crippen molar-refractivity contribution in [1.29, 1.82) is 0 Å². The Bertz CT molecular complexity index is 960. The molecule has 1 aliphatic carbocycles. The molecular formula is C20H24F6N4O2. The molecule has 3 unspecified atom stereocenters. The predicted octanol–water partition coefficient (Wildman–Crippen LogP) is 5.10. The summed E-state index contributed by atoms with van der Waals surface area (Å²) >= 11 is 0. The summed E-state index contributed by atoms with van der Waals surface area (Å²) in [5, 5.41) is 7.76. The van der Waals surface area contributed by atoms with Crippen molar-refractivity contribution in [3.63, 3.8) is 0 Å². The molecule has 0 N–H and O–H groups in total. The zero-order valence-electron chi connectivity index (χ0n) is 17.9. The van der Waals surface area contributed by atoms with Crippen molar-refractivity contribution in [2.24, 2.45) is 11.8 Å². The fourth-order valence-electron chi connectivity index (χ4n) is 3.74. The number of carbonyl (C=O) groups is 1. The Morgan fingerprint density at radius 2 is 1.78 bits per heavy atom. The molecule has 2 heterocycles. The van der Waals surface area contributed by atoms with Crippen LogP contribution in [0.1, 0.15) is 62.0 Å². The number of hydrogen-bond acceptors (Lipinski definition) is 4. The molecule has 32 heavy (non-hydrogen) atoms. The smallest absolute Gasteiger partial charge is 0.289 e. The Morgan fingerprint density at radius 3 is 2.31 bits per heavy atom. The highest BCUT2D eigenvalue weighted by Gasteiger charge is 2.53. The molecule has 6 nitrogen and oxygen atoms in total. The van der Waals surface area contributed by atoms with Crippen LogP contribution in [0.15, 0.2) is 24.8 Å². The summed E-state index contributed by atoms with van der Waals surface area (Å²) in [6.45, 7) is 5.84. The second-order valence-electron chi connectivity index (χ2n) is 8.90. The maximum absolute atomic E-state index is 13.3. The maximum atomic E-state index is 13.3. The van der Waals surface area contributed by atoms with Gasteiger partial charge < -0.3 is 0 Å². The van der Waals surface area contributed by atoms with E-state index in [1.807, 2.05) is 13.8 Å². The Hall–Kier alpha value is -2.37. The molecule has 0 bridgehead atoms. The van der Waals surface area contributed by atoms with Crippen LogP contribution < -0.4 is 0 Å². The third-order valence-corrected chi connectivity index (χ3v) is 5.98. The van der Waals surface area contributed by atoms with E-state index >= 15 is 0 Å². The molecule has 3 atom stereocenters. The lowest BCUT2D eigenvalue weighted by Gasteiger charge is -2.24. The van der Waals surface area contributed by atoms with Crippen LogP contribution in [-0.2, 0) is 10.2 Å². The minimum Gasteiger partial charge on any atom is -0.289 e. The van der Waals surface area contributed by atoms with E-state index in [-0.39, 0.29) is 23.7 Å². The highest BCUT2D eigenvalue weighted by molar-refractivity contribution is 5.83. The summed E-state index contributed by atoms with van der Waals surface area (Å²) in [4.78, 5) is 12.8. The lowest BCUT2D eigenvalue weighted by molar-refractivity contribution is -0.336. The van der Waals surface area contributed by atoms with Gasteiger partial charge in [-0.2, -0.15) is 23.4 Å². The van der Waals surface area contributed by atoms with Gasteiger partial charge in [-0.25, -0.2) is 4.68 Å². The number of halogens is 6. The third kappa shape index (κ3) is 5.16. The Kier molecular flexibility index (Phi) is 6.22. The van der Waals surface area contributed by atoms with Crippen molar-refractivity contribution in [3.05, 3.63) is 35.9 Å². The lowest BCUT2D eigenvalue weighted by atomic mass is 9.80. The average molecular weight is 466 g/mol. The minimum atomic E-state index is -5.19. The predicted molar refractivity (Wildman–Crippen MR) is 101 cm³/mol. The van der Waals surface area contributed by atoms with Crippen LogP contribution in [-0.4, -0.2) is 44.6 Å². The molecule has 3 rings (SSSR count). The fourth-order valence-corrected chi connectivity index (χ4v) is 3.74. The summed E-state index contributed by atoms with van der Waals surface area (Å²) in [7, 11) is 0. The number of hydrogen-bond donors (Lipinski definition) is 0. The molecule has 0 aliphatic heterocycles. The Labute approximate surface area is 180 Å². The quantitative estimate of drug-likeness (QED) is 0.533. The molecule has 2 aromatic rings. The topological polar surface area (TPSA) is 61.9 Å². The first-order chi connectivity index (χ1) is 14.6. The SMILES string of the molecule is CC(C)c1cnn(C(=O)C2CC2C(C)(C)c2cnn(C(COC(F)(F)F)C(F)(F)F)c2)c1. The number of nitrogens with zero attached hydrogens (tertiary/aromatic N) is 4. The molecule has 178 valence electrons. The van der Waals surface area contributed by atoms with Crippen LogP contribution in [0.5, 0.6) is 0 Å². The standard InChI is InChI=1S/C20H24F6N4O2/c1-11(2)12-6-27-30(8-12)17(31)14-5-15(14)18(3,4)13-7-28-29(9-13)16(19(21,22)23)10-32-20(24,25)26/h6-9,11,14-16H,5,10H2,1-4H3. The van der Waals surface area contributed by atoms with E-state index in [1.165, 1.54) is 10.9 Å². The number of carbonyl (C=O) groups excluding carboxylic acids is 1. The van der Waals surface area contributed by atoms with Gasteiger partial charge in [0.2, 0.25) is 5.91 Å². The van der Waals surface area contributed by atoms with Gasteiger partial charge in [0.25, 0.3) is 0 Å². The zero-order chi connectivity index (χ0) is 24.1. The van der Waals surface area contributed by atoms with E-state index in [0.29, 0.717) is 16.7 Å². The van der Waals surface area contributed by atoms with Gasteiger partial charge in [0.05, 0.1) is 19.0 Å². The summed E-state index contributed by atoms with van der Waals surface area (Å²) in [6, 6.07) is -2.59. The van der Waals surface area contributed by atoms with Crippen molar-refractivity contribution in [1.82, 2.24) is 19.6 Å². The average Bonchev–Trinajstić information content (AvgIpc) is 3.07. The maximum Gasteiger partial charge on any atom is 0.522 e. The van der Waals surface area contributed by atoms with Crippen molar-refractivity contribution >= 4 is 5.91 Å². The highest BCUT2D eigenvalue weighted by atomic mass is 19.4. The molecule has 12 heteroatoms. The van der Waals surface area contributed by atoms with E-state index < -0.39 is 30.6 Å². The minimum absolute atomic E-state index is 0.171. The van der Waals surface area contributed by atoms with Gasteiger partial charge in [0.15, 0.2) is 6.04 Å². The Morgan fingerprint density at radius 1 is 1.12 bits per heavy atom. The molecule has 0 amide bonds. The molecule has 0 aromatic carbocycles. The number of ether oxygens (including phenoxy) is 1. The first kappa shape index (κ1) is 24.3. The largest absolute Gasteiger partial charge is 0.522 e. The normalized spacial score (nSPS) is 20.6. The van der Waals surface area contributed by atoms with Crippen molar-refractivity contribution in [2.45, 2.75) is 64.0 Å². The van der Waals surface area contributed by atoms with Crippen molar-refractivity contribution in [2.75, 3.05) is 6.61 Å². The van der Waals surface area contributed by atoms with Crippen LogP contribution in [0, 0.1) is 11.8 Å². The van der Waals surface area contributed by atoms with Crippen molar-refractivity contribution < 1.29 is 35.9 Å². The first-order valence-corrected chi connectivity index (χ1v) is 10.0. The number of aromatic nitrogens is 4. The van der Waals surface area contributed by atoms with Gasteiger partial charge >= 0.3 is 12.5 Å². The molecule has 2 aromatic heterocycles. The van der Waals surface area contributed by atoms with Crippen LogP contribution in [0.4, 0.5) is 26.3 Å². The van der Waals surface area contributed by atoms with Crippen LogP contribution in [0.3, 0.4) is 0 Å².